The van der Waals surface area contributed by atoms with Gasteiger partial charge in [0.05, 0.1) is 17.2 Å². The third-order valence-corrected chi connectivity index (χ3v) is 6.79. The highest BCUT2D eigenvalue weighted by Crippen LogP contribution is 2.56. The summed E-state index contributed by atoms with van der Waals surface area (Å²) >= 11 is 1.31. The highest BCUT2D eigenvalue weighted by Gasteiger charge is 2.58. The molecule has 0 aromatic heterocycles. The second kappa shape index (κ2) is 6.99. The van der Waals surface area contributed by atoms with Crippen molar-refractivity contribution in [2.24, 2.45) is 0 Å². The number of hydrogen-bond donors (Lipinski definition) is 0. The fraction of sp³-hybridized carbons (Fsp3) is 0.300. The van der Waals surface area contributed by atoms with Crippen LogP contribution >= 0.6 is 11.8 Å². The van der Waals surface area contributed by atoms with Crippen LogP contribution in [0.2, 0.25) is 0 Å². The number of para-hydroxylation sites is 1. The van der Waals surface area contributed by atoms with Crippen molar-refractivity contribution >= 4 is 35.0 Å². The van der Waals surface area contributed by atoms with Gasteiger partial charge in [-0.1, -0.05) is 23.9 Å². The maximum absolute atomic E-state index is 13.2. The molecule has 0 N–H and O–H groups in total. The number of rotatable bonds is 4. The largest absolute Gasteiger partial charge is 0.467 e. The maximum Gasteiger partial charge on any atom is 0.343 e. The zero-order valence-electron chi connectivity index (χ0n) is 15.7. The van der Waals surface area contributed by atoms with Crippen LogP contribution in [0.1, 0.15) is 24.0 Å². The molecule has 2 aromatic rings. The van der Waals surface area contributed by atoms with Gasteiger partial charge < -0.3 is 14.2 Å². The van der Waals surface area contributed by atoms with Gasteiger partial charge in [0.15, 0.2) is 11.7 Å². The van der Waals surface area contributed by atoms with Crippen LogP contribution in [0.15, 0.2) is 41.3 Å². The summed E-state index contributed by atoms with van der Waals surface area (Å²) in [5.41, 5.74) is 1.49. The Morgan fingerprint density at radius 3 is 3.00 bits per heavy atom. The van der Waals surface area contributed by atoms with Crippen molar-refractivity contribution in [1.29, 1.82) is 0 Å². The van der Waals surface area contributed by atoms with Gasteiger partial charge in [0, 0.05) is 41.0 Å². The van der Waals surface area contributed by atoms with Crippen molar-refractivity contribution < 1.29 is 28.7 Å². The molecule has 30 heavy (non-hydrogen) atoms. The highest BCUT2D eigenvalue weighted by atomic mass is 32.2. The van der Waals surface area contributed by atoms with Crippen molar-refractivity contribution in [3.8, 4) is 5.75 Å². The van der Waals surface area contributed by atoms with Crippen LogP contribution in [0.5, 0.6) is 5.75 Å². The van der Waals surface area contributed by atoms with Crippen LogP contribution in [-0.4, -0.2) is 28.5 Å². The van der Waals surface area contributed by atoms with E-state index in [-0.39, 0.29) is 38.0 Å². The number of esters is 1. The number of carbonyl (C=O) groups is 2. The van der Waals surface area contributed by atoms with Gasteiger partial charge in [0.25, 0.3) is 5.69 Å². The fourth-order valence-corrected chi connectivity index (χ4v) is 5.43. The van der Waals surface area contributed by atoms with E-state index in [0.717, 1.165) is 4.90 Å². The molecule has 1 saturated heterocycles. The van der Waals surface area contributed by atoms with E-state index in [9.17, 15) is 19.7 Å². The number of ether oxygens (including phenoxy) is 3. The van der Waals surface area contributed by atoms with E-state index in [4.69, 9.17) is 14.2 Å². The molecule has 1 atom stereocenters. The van der Waals surface area contributed by atoms with Crippen LogP contribution in [0.3, 0.4) is 0 Å². The highest BCUT2D eigenvalue weighted by molar-refractivity contribution is 8.02. The minimum atomic E-state index is -1.15. The summed E-state index contributed by atoms with van der Waals surface area (Å²) in [4.78, 5) is 37.7. The van der Waals surface area contributed by atoms with E-state index >= 15 is 0 Å². The van der Waals surface area contributed by atoms with Crippen molar-refractivity contribution in [1.82, 2.24) is 0 Å². The average Bonchev–Trinajstić information content (AvgIpc) is 3.27. The first-order valence-electron chi connectivity index (χ1n) is 9.29. The summed E-state index contributed by atoms with van der Waals surface area (Å²) in [6.45, 7) is -0.0119. The quantitative estimate of drug-likeness (QED) is 0.415. The van der Waals surface area contributed by atoms with E-state index in [2.05, 4.69) is 0 Å². The lowest BCUT2D eigenvalue weighted by Crippen LogP contribution is -2.47. The number of thioether (sulfide) groups is 1. The molecule has 2 aromatic carbocycles. The number of benzene rings is 2. The van der Waals surface area contributed by atoms with Crippen LogP contribution in [0, 0.1) is 10.1 Å². The number of fused-ring (bicyclic) bond motifs is 4. The number of nitro groups is 1. The van der Waals surface area contributed by atoms with Gasteiger partial charge in [-0.2, -0.15) is 0 Å². The summed E-state index contributed by atoms with van der Waals surface area (Å²) in [7, 11) is 0. The smallest absolute Gasteiger partial charge is 0.343 e. The van der Waals surface area contributed by atoms with E-state index in [1.165, 1.54) is 28.8 Å². The third kappa shape index (κ3) is 2.83. The Labute approximate surface area is 175 Å². The first-order valence-corrected chi connectivity index (χ1v) is 10.1. The van der Waals surface area contributed by atoms with Gasteiger partial charge in [-0.15, -0.1) is 0 Å². The molecule has 154 valence electrons. The molecule has 0 radical (unpaired) electrons. The van der Waals surface area contributed by atoms with Crippen molar-refractivity contribution in [2.75, 3.05) is 11.7 Å². The van der Waals surface area contributed by atoms with Gasteiger partial charge >= 0.3 is 5.97 Å². The molecule has 1 fully saturated rings. The maximum atomic E-state index is 13.2. The average molecular weight is 428 g/mol. The number of hydrogen-bond acceptors (Lipinski definition) is 8. The number of carbonyl (C=O) groups excluding carboxylic acids is 2. The Morgan fingerprint density at radius 1 is 1.33 bits per heavy atom. The lowest BCUT2D eigenvalue weighted by atomic mass is 10.1. The van der Waals surface area contributed by atoms with E-state index in [1.807, 2.05) is 24.3 Å². The van der Waals surface area contributed by atoms with Crippen molar-refractivity contribution in [2.45, 2.75) is 35.8 Å². The zero-order valence-corrected chi connectivity index (χ0v) is 16.5. The van der Waals surface area contributed by atoms with E-state index < -0.39 is 15.8 Å². The molecule has 0 bridgehead atoms. The molecule has 0 saturated carbocycles. The second-order valence-corrected chi connectivity index (χ2v) is 8.44. The van der Waals surface area contributed by atoms with Gasteiger partial charge in [0.1, 0.15) is 12.4 Å². The van der Waals surface area contributed by atoms with E-state index in [1.54, 1.807) is 0 Å². The van der Waals surface area contributed by atoms with Crippen LogP contribution in [0.25, 0.3) is 0 Å². The van der Waals surface area contributed by atoms with Crippen molar-refractivity contribution in [3.05, 3.63) is 57.6 Å². The first-order chi connectivity index (χ1) is 14.5. The fourth-order valence-electron chi connectivity index (χ4n) is 4.02. The zero-order chi connectivity index (χ0) is 20.9. The molecular weight excluding hydrogens is 412 g/mol. The minimum absolute atomic E-state index is 0.0170. The Balaban J connectivity index is 1.43. The lowest BCUT2D eigenvalue weighted by molar-refractivity contribution is -0.385. The van der Waals surface area contributed by atoms with Crippen molar-refractivity contribution in [3.63, 3.8) is 0 Å². The Hall–Kier alpha value is -3.11. The molecule has 1 amide bonds. The molecule has 0 aliphatic carbocycles. The molecule has 3 heterocycles. The summed E-state index contributed by atoms with van der Waals surface area (Å²) in [6.07, 6.45) is 0.588. The molecule has 5 rings (SSSR count). The van der Waals surface area contributed by atoms with Crippen LogP contribution < -0.4 is 9.64 Å². The summed E-state index contributed by atoms with van der Waals surface area (Å²) in [5.74, 6) is -0.252. The molecule has 10 heteroatoms. The van der Waals surface area contributed by atoms with Crippen LogP contribution in [-0.2, 0) is 32.3 Å². The van der Waals surface area contributed by atoms with Gasteiger partial charge in [-0.25, -0.2) is 4.79 Å². The topological polar surface area (TPSA) is 108 Å². The van der Waals surface area contributed by atoms with Gasteiger partial charge in [0.2, 0.25) is 5.91 Å². The van der Waals surface area contributed by atoms with Gasteiger partial charge in [-0.3, -0.25) is 19.8 Å². The molecule has 3 aliphatic rings. The molecule has 9 nitrogen and oxygen atoms in total. The SMILES string of the molecule is O=C1CCC2(C(=O)OCc3cc([N+](=O)[O-])cc4c3OCOC4)Sc3ccccc3N12. The predicted octanol–water partition coefficient (Wildman–Crippen LogP) is 3.13. The number of anilines is 1. The number of amides is 1. The standard InChI is InChI=1S/C20H16N2O7S/c23-17-5-6-20(21(17)15-3-1-2-4-16(15)30-20)19(24)28-10-13-8-14(22(25)26)7-12-9-27-11-29-18(12)13/h1-4,7-8H,5-6,9-11H2. The third-order valence-electron chi connectivity index (χ3n) is 5.33. The molecule has 3 aliphatic heterocycles. The molecule has 0 spiro atoms. The summed E-state index contributed by atoms with van der Waals surface area (Å²) in [6, 6.07) is 10.1. The normalized spacial score (nSPS) is 21.5. The number of nitro benzene ring substituents is 1. The van der Waals surface area contributed by atoms with E-state index in [0.29, 0.717) is 29.0 Å². The van der Waals surface area contributed by atoms with Gasteiger partial charge in [-0.05, 0) is 12.1 Å². The number of non-ortho nitro benzene ring substituents is 1. The Morgan fingerprint density at radius 2 is 2.17 bits per heavy atom. The monoisotopic (exact) mass is 428 g/mol. The Kier molecular flexibility index (Phi) is 4.40. The molecule has 1 unspecified atom stereocenters. The lowest BCUT2D eigenvalue weighted by Gasteiger charge is -2.29. The second-order valence-electron chi connectivity index (χ2n) is 7.12. The number of nitrogens with zero attached hydrogens (tertiary/aromatic N) is 2. The summed E-state index contributed by atoms with van der Waals surface area (Å²) < 4.78 is 16.3. The minimum Gasteiger partial charge on any atom is -0.467 e. The van der Waals surface area contributed by atoms with Crippen LogP contribution in [0.4, 0.5) is 11.4 Å². The molecular formula is C20H16N2O7S. The first kappa shape index (κ1) is 18.9. The Bertz CT molecular complexity index is 1090. The predicted molar refractivity (Wildman–Crippen MR) is 105 cm³/mol. The summed E-state index contributed by atoms with van der Waals surface area (Å²) in [5, 5.41) is 11.3.